The maximum atomic E-state index is 8.66. The van der Waals surface area contributed by atoms with E-state index in [1.54, 1.807) is 11.8 Å². The van der Waals surface area contributed by atoms with E-state index in [0.29, 0.717) is 12.5 Å². The number of rotatable bonds is 5. The highest BCUT2D eigenvalue weighted by Gasteiger charge is 2.02. The molecule has 3 N–H and O–H groups in total. The molecule has 2 nitrogen and oxygen atoms in total. The van der Waals surface area contributed by atoms with Crippen LogP contribution < -0.4 is 5.73 Å². The van der Waals surface area contributed by atoms with E-state index >= 15 is 0 Å². The lowest BCUT2D eigenvalue weighted by Crippen LogP contribution is -2.18. The van der Waals surface area contributed by atoms with E-state index in [0.717, 1.165) is 12.2 Å². The van der Waals surface area contributed by atoms with Crippen molar-refractivity contribution in [1.82, 2.24) is 0 Å². The van der Waals surface area contributed by atoms with Crippen molar-refractivity contribution in [2.24, 2.45) is 11.7 Å². The maximum absolute atomic E-state index is 8.66. The molecule has 1 atom stereocenters. The molecule has 0 aromatic carbocycles. The summed E-state index contributed by atoms with van der Waals surface area (Å²) in [7, 11) is 0. The molecular weight excluding hydrogens is 134 g/mol. The van der Waals surface area contributed by atoms with E-state index in [1.807, 2.05) is 0 Å². The van der Waals surface area contributed by atoms with Gasteiger partial charge in [0, 0.05) is 6.61 Å². The molecule has 0 amide bonds. The Morgan fingerprint density at radius 2 is 2.33 bits per heavy atom. The first kappa shape index (κ1) is 9.27. The summed E-state index contributed by atoms with van der Waals surface area (Å²) in [6.07, 6.45) is 3.10. The molecule has 3 heteroatoms. The molecule has 0 heterocycles. The van der Waals surface area contributed by atoms with Crippen molar-refractivity contribution in [2.75, 3.05) is 25.2 Å². The molecule has 0 aromatic heterocycles. The highest BCUT2D eigenvalue weighted by atomic mass is 32.2. The zero-order valence-corrected chi connectivity index (χ0v) is 6.66. The Hall–Kier alpha value is 0.270. The van der Waals surface area contributed by atoms with Gasteiger partial charge < -0.3 is 10.8 Å². The molecular formula is C6H15NOS. The van der Waals surface area contributed by atoms with E-state index in [-0.39, 0.29) is 6.61 Å². The van der Waals surface area contributed by atoms with Gasteiger partial charge in [0.15, 0.2) is 0 Å². The normalized spacial score (nSPS) is 13.7. The second-order valence-corrected chi connectivity index (χ2v) is 3.05. The molecule has 56 valence electrons. The van der Waals surface area contributed by atoms with Gasteiger partial charge in [0.2, 0.25) is 0 Å². The van der Waals surface area contributed by atoms with Crippen LogP contribution in [0.3, 0.4) is 0 Å². The number of thioether (sulfide) groups is 1. The zero-order valence-electron chi connectivity index (χ0n) is 5.84. The summed E-state index contributed by atoms with van der Waals surface area (Å²) in [5.74, 6) is 1.42. The van der Waals surface area contributed by atoms with Crippen molar-refractivity contribution in [1.29, 1.82) is 0 Å². The summed E-state index contributed by atoms with van der Waals surface area (Å²) in [6.45, 7) is 0.841. The largest absolute Gasteiger partial charge is 0.396 e. The topological polar surface area (TPSA) is 46.2 Å². The fourth-order valence-electron chi connectivity index (χ4n) is 0.568. The first-order chi connectivity index (χ1) is 4.35. The Kier molecular flexibility index (Phi) is 6.58. The standard InChI is InChI=1S/C6H15NOS/c1-9-3-2-6(4-7)5-8/h6,8H,2-5,7H2,1H3. The molecule has 0 saturated heterocycles. The third kappa shape index (κ3) is 4.75. The fourth-order valence-corrected chi connectivity index (χ4v) is 1.14. The lowest BCUT2D eigenvalue weighted by atomic mass is 10.1. The van der Waals surface area contributed by atoms with E-state index < -0.39 is 0 Å². The second kappa shape index (κ2) is 6.39. The van der Waals surface area contributed by atoms with Gasteiger partial charge in [0.1, 0.15) is 0 Å². The molecule has 0 aromatic rings. The minimum Gasteiger partial charge on any atom is -0.396 e. The van der Waals surface area contributed by atoms with Gasteiger partial charge >= 0.3 is 0 Å². The summed E-state index contributed by atoms with van der Waals surface area (Å²) in [5.41, 5.74) is 5.35. The van der Waals surface area contributed by atoms with Gasteiger partial charge in [0.05, 0.1) is 0 Å². The number of aliphatic hydroxyl groups is 1. The first-order valence-electron chi connectivity index (χ1n) is 3.15. The molecule has 1 unspecified atom stereocenters. The van der Waals surface area contributed by atoms with Crippen molar-refractivity contribution in [3.63, 3.8) is 0 Å². The third-order valence-electron chi connectivity index (χ3n) is 1.32. The van der Waals surface area contributed by atoms with Crippen LogP contribution >= 0.6 is 11.8 Å². The first-order valence-corrected chi connectivity index (χ1v) is 4.54. The molecule has 0 radical (unpaired) electrons. The number of nitrogens with two attached hydrogens (primary N) is 1. The zero-order chi connectivity index (χ0) is 7.11. The van der Waals surface area contributed by atoms with Crippen LogP contribution in [0.1, 0.15) is 6.42 Å². The minimum absolute atomic E-state index is 0.233. The molecule has 0 fully saturated rings. The van der Waals surface area contributed by atoms with Gasteiger partial charge in [-0.25, -0.2) is 0 Å². The Bertz CT molecular complexity index is 57.0. The molecule has 0 rings (SSSR count). The Balaban J connectivity index is 3.09. The van der Waals surface area contributed by atoms with Gasteiger partial charge in [-0.15, -0.1) is 0 Å². The molecule has 9 heavy (non-hydrogen) atoms. The molecule has 0 bridgehead atoms. The van der Waals surface area contributed by atoms with Gasteiger partial charge in [-0.3, -0.25) is 0 Å². The van der Waals surface area contributed by atoms with Crippen molar-refractivity contribution in [3.8, 4) is 0 Å². The van der Waals surface area contributed by atoms with Gasteiger partial charge in [-0.1, -0.05) is 0 Å². The van der Waals surface area contributed by atoms with E-state index in [2.05, 4.69) is 6.26 Å². The van der Waals surface area contributed by atoms with Crippen LogP contribution in [-0.4, -0.2) is 30.3 Å². The van der Waals surface area contributed by atoms with Crippen molar-refractivity contribution in [2.45, 2.75) is 6.42 Å². The predicted octanol–water partition coefficient (Wildman–Crippen LogP) is 0.307. The summed E-state index contributed by atoms with van der Waals surface area (Å²) < 4.78 is 0. The summed E-state index contributed by atoms with van der Waals surface area (Å²) in [5, 5.41) is 8.66. The van der Waals surface area contributed by atoms with Gasteiger partial charge in [-0.2, -0.15) is 11.8 Å². The maximum Gasteiger partial charge on any atom is 0.0471 e. The average Bonchev–Trinajstić information content (AvgIpc) is 1.91. The Morgan fingerprint density at radius 1 is 1.67 bits per heavy atom. The van der Waals surface area contributed by atoms with E-state index in [4.69, 9.17) is 10.8 Å². The molecule has 0 aliphatic carbocycles. The lowest BCUT2D eigenvalue weighted by molar-refractivity contribution is 0.228. The predicted molar refractivity (Wildman–Crippen MR) is 42.6 cm³/mol. The van der Waals surface area contributed by atoms with Crippen LogP contribution in [0.4, 0.5) is 0 Å². The highest BCUT2D eigenvalue weighted by molar-refractivity contribution is 7.98. The van der Waals surface area contributed by atoms with Crippen LogP contribution in [0.2, 0.25) is 0 Å². The molecule has 0 saturated carbocycles. The lowest BCUT2D eigenvalue weighted by Gasteiger charge is -2.08. The molecule has 0 aliphatic rings. The Morgan fingerprint density at radius 3 is 2.67 bits per heavy atom. The Labute approximate surface area is 60.8 Å². The smallest absolute Gasteiger partial charge is 0.0471 e. The van der Waals surface area contributed by atoms with Crippen molar-refractivity contribution >= 4 is 11.8 Å². The average molecular weight is 149 g/mol. The highest BCUT2D eigenvalue weighted by Crippen LogP contribution is 2.04. The van der Waals surface area contributed by atoms with Crippen molar-refractivity contribution in [3.05, 3.63) is 0 Å². The van der Waals surface area contributed by atoms with Gasteiger partial charge in [-0.05, 0) is 30.9 Å². The molecule has 0 spiro atoms. The fraction of sp³-hybridized carbons (Fsp3) is 1.00. The van der Waals surface area contributed by atoms with E-state index in [1.165, 1.54) is 0 Å². The molecule has 0 aliphatic heterocycles. The quantitative estimate of drug-likeness (QED) is 0.591. The van der Waals surface area contributed by atoms with E-state index in [9.17, 15) is 0 Å². The van der Waals surface area contributed by atoms with Crippen LogP contribution in [-0.2, 0) is 0 Å². The summed E-state index contributed by atoms with van der Waals surface area (Å²) >= 11 is 1.79. The van der Waals surface area contributed by atoms with Crippen LogP contribution in [0, 0.1) is 5.92 Å². The minimum atomic E-state index is 0.233. The SMILES string of the molecule is CSCCC(CN)CO. The number of hydrogen-bond donors (Lipinski definition) is 2. The third-order valence-corrected chi connectivity index (χ3v) is 1.97. The number of aliphatic hydroxyl groups excluding tert-OH is 1. The summed E-state index contributed by atoms with van der Waals surface area (Å²) in [6, 6.07) is 0. The number of hydrogen-bond acceptors (Lipinski definition) is 3. The van der Waals surface area contributed by atoms with Crippen LogP contribution in [0.15, 0.2) is 0 Å². The summed E-state index contributed by atoms with van der Waals surface area (Å²) in [4.78, 5) is 0. The van der Waals surface area contributed by atoms with Crippen molar-refractivity contribution < 1.29 is 5.11 Å². The van der Waals surface area contributed by atoms with Gasteiger partial charge in [0.25, 0.3) is 0 Å². The van der Waals surface area contributed by atoms with Crippen LogP contribution in [0.25, 0.3) is 0 Å². The second-order valence-electron chi connectivity index (χ2n) is 2.07. The monoisotopic (exact) mass is 149 g/mol. The van der Waals surface area contributed by atoms with Crippen LogP contribution in [0.5, 0.6) is 0 Å².